The lowest BCUT2D eigenvalue weighted by Gasteiger charge is -2.23. The third-order valence-corrected chi connectivity index (χ3v) is 3.35. The fourth-order valence-corrected chi connectivity index (χ4v) is 1.76. The van der Waals surface area contributed by atoms with Crippen LogP contribution in [0.5, 0.6) is 5.88 Å². The first-order valence-electron chi connectivity index (χ1n) is 7.16. The van der Waals surface area contributed by atoms with E-state index >= 15 is 0 Å². The summed E-state index contributed by atoms with van der Waals surface area (Å²) in [5, 5.41) is 3.10. The Kier molecular flexibility index (Phi) is 6.20. The van der Waals surface area contributed by atoms with Crippen LogP contribution >= 0.6 is 0 Å². The smallest absolute Gasteiger partial charge is 0.221 e. The van der Waals surface area contributed by atoms with Crippen LogP contribution in [-0.4, -0.2) is 36.3 Å². The number of rotatable bonds is 8. The van der Waals surface area contributed by atoms with Crippen LogP contribution in [0.2, 0.25) is 0 Å². The molecule has 0 atom stereocenters. The Bertz CT molecular complexity index is 433. The SMILES string of the molecule is CCCc1nc(NC)c(C)c(OCCC(C)(C)OC)n1. The molecule has 0 aliphatic heterocycles. The van der Waals surface area contributed by atoms with Gasteiger partial charge in [0.1, 0.15) is 11.6 Å². The van der Waals surface area contributed by atoms with Gasteiger partial charge in [0, 0.05) is 27.0 Å². The lowest BCUT2D eigenvalue weighted by Crippen LogP contribution is -2.25. The first kappa shape index (κ1) is 16.7. The Hall–Kier alpha value is -1.36. The highest BCUT2D eigenvalue weighted by atomic mass is 16.5. The number of hydrogen-bond acceptors (Lipinski definition) is 5. The van der Waals surface area contributed by atoms with Crippen LogP contribution in [0.4, 0.5) is 5.82 Å². The average Bonchev–Trinajstić information content (AvgIpc) is 2.42. The van der Waals surface area contributed by atoms with E-state index in [0.717, 1.165) is 36.5 Å². The summed E-state index contributed by atoms with van der Waals surface area (Å²) >= 11 is 0. The van der Waals surface area contributed by atoms with Crippen LogP contribution in [-0.2, 0) is 11.2 Å². The Labute approximate surface area is 122 Å². The van der Waals surface area contributed by atoms with Crippen LogP contribution in [0.1, 0.15) is 45.0 Å². The number of methoxy groups -OCH3 is 1. The van der Waals surface area contributed by atoms with E-state index in [2.05, 4.69) is 22.2 Å². The number of hydrogen-bond donors (Lipinski definition) is 1. The van der Waals surface area contributed by atoms with Crippen molar-refractivity contribution in [3.05, 3.63) is 11.4 Å². The molecule has 5 nitrogen and oxygen atoms in total. The quantitative estimate of drug-likeness (QED) is 0.794. The van der Waals surface area contributed by atoms with E-state index in [1.54, 1.807) is 7.11 Å². The largest absolute Gasteiger partial charge is 0.477 e. The summed E-state index contributed by atoms with van der Waals surface area (Å²) in [5.74, 6) is 2.33. The van der Waals surface area contributed by atoms with E-state index in [0.29, 0.717) is 12.5 Å². The third kappa shape index (κ3) is 4.63. The molecule has 0 amide bonds. The molecule has 1 aromatic heterocycles. The van der Waals surface area contributed by atoms with Crippen molar-refractivity contribution in [2.24, 2.45) is 0 Å². The Morgan fingerprint density at radius 3 is 2.50 bits per heavy atom. The van der Waals surface area contributed by atoms with Gasteiger partial charge < -0.3 is 14.8 Å². The molecule has 0 aromatic carbocycles. The minimum absolute atomic E-state index is 0.182. The monoisotopic (exact) mass is 281 g/mol. The number of aromatic nitrogens is 2. The maximum atomic E-state index is 5.83. The second-order valence-electron chi connectivity index (χ2n) is 5.48. The first-order chi connectivity index (χ1) is 9.43. The van der Waals surface area contributed by atoms with Gasteiger partial charge in [-0.1, -0.05) is 6.92 Å². The molecule has 0 aliphatic carbocycles. The summed E-state index contributed by atoms with van der Waals surface area (Å²) in [6.07, 6.45) is 2.68. The Morgan fingerprint density at radius 2 is 1.95 bits per heavy atom. The molecule has 5 heteroatoms. The minimum atomic E-state index is -0.182. The van der Waals surface area contributed by atoms with Crippen molar-refractivity contribution in [1.29, 1.82) is 0 Å². The van der Waals surface area contributed by atoms with Crippen molar-refractivity contribution in [3.63, 3.8) is 0 Å². The second-order valence-corrected chi connectivity index (χ2v) is 5.48. The van der Waals surface area contributed by atoms with Crippen LogP contribution < -0.4 is 10.1 Å². The zero-order valence-corrected chi connectivity index (χ0v) is 13.5. The van der Waals surface area contributed by atoms with E-state index in [-0.39, 0.29) is 5.60 Å². The fourth-order valence-electron chi connectivity index (χ4n) is 1.76. The number of nitrogens with zero attached hydrogens (tertiary/aromatic N) is 2. The van der Waals surface area contributed by atoms with E-state index in [9.17, 15) is 0 Å². The maximum Gasteiger partial charge on any atom is 0.221 e. The summed E-state index contributed by atoms with van der Waals surface area (Å²) in [7, 11) is 3.58. The van der Waals surface area contributed by atoms with Gasteiger partial charge in [0.05, 0.1) is 17.8 Å². The zero-order chi connectivity index (χ0) is 15.2. The third-order valence-electron chi connectivity index (χ3n) is 3.35. The van der Waals surface area contributed by atoms with Gasteiger partial charge in [-0.15, -0.1) is 0 Å². The highest BCUT2D eigenvalue weighted by Crippen LogP contribution is 2.23. The van der Waals surface area contributed by atoms with E-state index in [1.165, 1.54) is 0 Å². The molecule has 20 heavy (non-hydrogen) atoms. The highest BCUT2D eigenvalue weighted by molar-refractivity contribution is 5.48. The van der Waals surface area contributed by atoms with Gasteiger partial charge in [-0.25, -0.2) is 4.98 Å². The van der Waals surface area contributed by atoms with Crippen LogP contribution in [0.15, 0.2) is 0 Å². The molecule has 1 rings (SSSR count). The van der Waals surface area contributed by atoms with Gasteiger partial charge in [0.25, 0.3) is 0 Å². The van der Waals surface area contributed by atoms with Crippen molar-refractivity contribution in [3.8, 4) is 5.88 Å². The molecular weight excluding hydrogens is 254 g/mol. The molecule has 0 bridgehead atoms. The van der Waals surface area contributed by atoms with Crippen molar-refractivity contribution in [1.82, 2.24) is 9.97 Å². The van der Waals surface area contributed by atoms with Gasteiger partial charge in [-0.05, 0) is 27.2 Å². The standard InChI is InChI=1S/C15H27N3O2/c1-7-8-12-17-13(16-5)11(2)14(18-12)20-10-9-15(3,4)19-6/h7-10H2,1-6H3,(H,16,17,18). The molecule has 1 aromatic rings. The number of ether oxygens (including phenoxy) is 2. The molecule has 1 N–H and O–H groups in total. The molecule has 1 heterocycles. The van der Waals surface area contributed by atoms with Gasteiger partial charge in [0.15, 0.2) is 0 Å². The first-order valence-corrected chi connectivity index (χ1v) is 7.16. The molecule has 0 radical (unpaired) electrons. The summed E-state index contributed by atoms with van der Waals surface area (Å²) in [5.41, 5.74) is 0.765. The van der Waals surface area contributed by atoms with Gasteiger partial charge >= 0.3 is 0 Å². The summed E-state index contributed by atoms with van der Waals surface area (Å²) in [6, 6.07) is 0. The van der Waals surface area contributed by atoms with Crippen LogP contribution in [0.3, 0.4) is 0 Å². The number of nitrogens with one attached hydrogen (secondary N) is 1. The molecule has 0 spiro atoms. The molecule has 0 fully saturated rings. The maximum absolute atomic E-state index is 5.83. The molecule has 0 unspecified atom stereocenters. The zero-order valence-electron chi connectivity index (χ0n) is 13.5. The predicted octanol–water partition coefficient (Wildman–Crippen LogP) is 2.97. The van der Waals surface area contributed by atoms with Gasteiger partial charge in [0.2, 0.25) is 5.88 Å². The minimum Gasteiger partial charge on any atom is -0.477 e. The molecule has 0 aliphatic rings. The van der Waals surface area contributed by atoms with E-state index < -0.39 is 0 Å². The average molecular weight is 281 g/mol. The normalized spacial score (nSPS) is 11.5. The Balaban J connectivity index is 2.80. The number of anilines is 1. The van der Waals surface area contributed by atoms with Crippen molar-refractivity contribution in [2.75, 3.05) is 26.1 Å². The summed E-state index contributed by atoms with van der Waals surface area (Å²) in [4.78, 5) is 8.99. The van der Waals surface area contributed by atoms with Crippen molar-refractivity contribution < 1.29 is 9.47 Å². The highest BCUT2D eigenvalue weighted by Gasteiger charge is 2.17. The van der Waals surface area contributed by atoms with Crippen molar-refractivity contribution in [2.45, 2.75) is 52.6 Å². The van der Waals surface area contributed by atoms with E-state index in [1.807, 2.05) is 27.8 Å². The number of aryl methyl sites for hydroxylation is 1. The van der Waals surface area contributed by atoms with Crippen LogP contribution in [0.25, 0.3) is 0 Å². The predicted molar refractivity (Wildman–Crippen MR) is 81.5 cm³/mol. The fraction of sp³-hybridized carbons (Fsp3) is 0.733. The van der Waals surface area contributed by atoms with Gasteiger partial charge in [-0.2, -0.15) is 4.98 Å². The van der Waals surface area contributed by atoms with Crippen molar-refractivity contribution >= 4 is 5.82 Å². The summed E-state index contributed by atoms with van der Waals surface area (Å²) < 4.78 is 11.2. The summed E-state index contributed by atoms with van der Waals surface area (Å²) in [6.45, 7) is 8.76. The lowest BCUT2D eigenvalue weighted by atomic mass is 10.1. The molecule has 0 saturated heterocycles. The van der Waals surface area contributed by atoms with Crippen LogP contribution in [0, 0.1) is 6.92 Å². The van der Waals surface area contributed by atoms with Gasteiger partial charge in [-0.3, -0.25) is 0 Å². The molecule has 114 valence electrons. The van der Waals surface area contributed by atoms with E-state index in [4.69, 9.17) is 9.47 Å². The molecular formula is C15H27N3O2. The second kappa shape index (κ2) is 7.43. The Morgan fingerprint density at radius 1 is 1.25 bits per heavy atom. The molecule has 0 saturated carbocycles. The topological polar surface area (TPSA) is 56.3 Å². The lowest BCUT2D eigenvalue weighted by molar-refractivity contribution is 0.00500.